The molecule has 1 atom stereocenters. The number of hydrogen-bond acceptors (Lipinski definition) is 3. The lowest BCUT2D eigenvalue weighted by Crippen LogP contribution is -2.45. The molecule has 7 heteroatoms. The normalized spacial score (nSPS) is 18.3. The van der Waals surface area contributed by atoms with Gasteiger partial charge in [-0.2, -0.15) is 13.2 Å². The first kappa shape index (κ1) is 16.6. The Labute approximate surface area is 126 Å². The van der Waals surface area contributed by atoms with Gasteiger partial charge < -0.3 is 15.7 Å². The Morgan fingerprint density at radius 2 is 1.91 bits per heavy atom. The number of nitrogen functional groups attached to an aromatic ring is 1. The van der Waals surface area contributed by atoms with Crippen molar-refractivity contribution < 1.29 is 23.1 Å². The summed E-state index contributed by atoms with van der Waals surface area (Å²) in [5.41, 5.74) is 7.02. The van der Waals surface area contributed by atoms with Crippen LogP contribution in [0.4, 0.5) is 18.9 Å². The van der Waals surface area contributed by atoms with E-state index in [0.29, 0.717) is 11.3 Å². The van der Waals surface area contributed by atoms with Gasteiger partial charge >= 0.3 is 6.18 Å². The average Bonchev–Trinajstić information content (AvgIpc) is 2.48. The third-order valence-electron chi connectivity index (χ3n) is 4.07. The van der Waals surface area contributed by atoms with Crippen LogP contribution in [-0.4, -0.2) is 41.3 Å². The van der Waals surface area contributed by atoms with Crippen LogP contribution in [0.1, 0.15) is 18.4 Å². The quantitative estimate of drug-likeness (QED) is 0.838. The van der Waals surface area contributed by atoms with Gasteiger partial charge in [-0.15, -0.1) is 0 Å². The summed E-state index contributed by atoms with van der Waals surface area (Å²) in [6.45, 7) is 0.451. The second-order valence-corrected chi connectivity index (χ2v) is 5.58. The molecule has 1 aromatic rings. The number of benzene rings is 1. The van der Waals surface area contributed by atoms with Crippen molar-refractivity contribution in [3.05, 3.63) is 29.8 Å². The number of aliphatic hydroxyl groups is 1. The van der Waals surface area contributed by atoms with Crippen LogP contribution in [0.3, 0.4) is 0 Å². The molecule has 0 radical (unpaired) electrons. The third-order valence-corrected chi connectivity index (χ3v) is 4.07. The Bertz CT molecular complexity index is 526. The molecule has 0 aliphatic carbocycles. The SMILES string of the molecule is Nc1ccccc1CC(=O)N1CCC(C(O)C(F)(F)F)CC1. The Kier molecular flexibility index (Phi) is 4.95. The molecule has 1 aromatic carbocycles. The molecule has 1 heterocycles. The standard InChI is InChI=1S/C15H19F3N2O2/c16-15(17,18)14(22)10-5-7-20(8-6-10)13(21)9-11-3-1-2-4-12(11)19/h1-4,10,14,22H,5-9,19H2. The first-order chi connectivity index (χ1) is 10.3. The minimum Gasteiger partial charge on any atom is -0.398 e. The predicted molar refractivity (Wildman–Crippen MR) is 75.9 cm³/mol. The lowest BCUT2D eigenvalue weighted by molar-refractivity contribution is -0.222. The van der Waals surface area contributed by atoms with Crippen LogP contribution in [0, 0.1) is 5.92 Å². The van der Waals surface area contributed by atoms with Gasteiger partial charge in [0.25, 0.3) is 0 Å². The molecule has 0 bridgehead atoms. The first-order valence-electron chi connectivity index (χ1n) is 7.15. The van der Waals surface area contributed by atoms with Crippen LogP contribution in [0.2, 0.25) is 0 Å². The molecule has 3 N–H and O–H groups in total. The fourth-order valence-electron chi connectivity index (χ4n) is 2.70. The molecule has 0 spiro atoms. The molecule has 22 heavy (non-hydrogen) atoms. The second-order valence-electron chi connectivity index (χ2n) is 5.58. The lowest BCUT2D eigenvalue weighted by atomic mass is 9.90. The third kappa shape index (κ3) is 3.91. The van der Waals surface area contributed by atoms with Crippen molar-refractivity contribution in [1.29, 1.82) is 0 Å². The Morgan fingerprint density at radius 1 is 1.32 bits per heavy atom. The van der Waals surface area contributed by atoms with Crippen molar-refractivity contribution in [3.8, 4) is 0 Å². The van der Waals surface area contributed by atoms with Crippen LogP contribution < -0.4 is 5.73 Å². The van der Waals surface area contributed by atoms with Crippen molar-refractivity contribution in [2.75, 3.05) is 18.8 Å². The van der Waals surface area contributed by atoms with Gasteiger partial charge in [-0.05, 0) is 30.4 Å². The van der Waals surface area contributed by atoms with Crippen molar-refractivity contribution in [2.24, 2.45) is 5.92 Å². The van der Waals surface area contributed by atoms with Crippen LogP contribution >= 0.6 is 0 Å². The minimum absolute atomic E-state index is 0.138. The zero-order valence-corrected chi connectivity index (χ0v) is 12.0. The van der Waals surface area contributed by atoms with E-state index in [2.05, 4.69) is 0 Å². The number of hydrogen-bond donors (Lipinski definition) is 2. The van der Waals surface area contributed by atoms with E-state index in [1.807, 2.05) is 0 Å². The summed E-state index contributed by atoms with van der Waals surface area (Å²) in [6, 6.07) is 7.01. The molecule has 2 rings (SSSR count). The molecule has 1 unspecified atom stereocenters. The summed E-state index contributed by atoms with van der Waals surface area (Å²) in [6.07, 6.45) is -6.48. The van der Waals surface area contributed by atoms with E-state index in [4.69, 9.17) is 5.73 Å². The monoisotopic (exact) mass is 316 g/mol. The fraction of sp³-hybridized carbons (Fsp3) is 0.533. The van der Waals surface area contributed by atoms with E-state index >= 15 is 0 Å². The number of carbonyl (C=O) groups is 1. The summed E-state index contributed by atoms with van der Waals surface area (Å²) in [5, 5.41) is 9.26. The molecule has 0 saturated carbocycles. The van der Waals surface area contributed by atoms with Gasteiger partial charge in [0, 0.05) is 18.8 Å². The Hall–Kier alpha value is -1.76. The van der Waals surface area contributed by atoms with Gasteiger partial charge in [0.2, 0.25) is 5.91 Å². The highest BCUT2D eigenvalue weighted by Crippen LogP contribution is 2.31. The molecule has 1 saturated heterocycles. The largest absolute Gasteiger partial charge is 0.414 e. The summed E-state index contributed by atoms with van der Waals surface area (Å²) >= 11 is 0. The van der Waals surface area contributed by atoms with Crippen molar-refractivity contribution in [1.82, 2.24) is 4.90 Å². The van der Waals surface area contributed by atoms with E-state index in [0.717, 1.165) is 0 Å². The minimum atomic E-state index is -4.60. The lowest BCUT2D eigenvalue weighted by Gasteiger charge is -2.34. The summed E-state index contributed by atoms with van der Waals surface area (Å²) in [7, 11) is 0. The van der Waals surface area contributed by atoms with E-state index < -0.39 is 18.2 Å². The number of aliphatic hydroxyl groups excluding tert-OH is 1. The number of likely N-dealkylation sites (tertiary alicyclic amines) is 1. The second kappa shape index (κ2) is 6.56. The number of para-hydroxylation sites is 1. The summed E-state index contributed by atoms with van der Waals surface area (Å²) in [4.78, 5) is 13.7. The van der Waals surface area contributed by atoms with Gasteiger partial charge in [-0.25, -0.2) is 0 Å². The number of piperidine rings is 1. The van der Waals surface area contributed by atoms with Crippen LogP contribution in [0.5, 0.6) is 0 Å². The van der Waals surface area contributed by atoms with Gasteiger partial charge in [0.15, 0.2) is 6.10 Å². The first-order valence-corrected chi connectivity index (χ1v) is 7.15. The highest BCUT2D eigenvalue weighted by Gasteiger charge is 2.44. The maximum atomic E-state index is 12.5. The van der Waals surface area contributed by atoms with Gasteiger partial charge in [0.1, 0.15) is 0 Å². The number of halogens is 3. The number of rotatable bonds is 3. The molecule has 122 valence electrons. The zero-order chi connectivity index (χ0) is 16.3. The van der Waals surface area contributed by atoms with E-state index in [1.165, 1.54) is 4.90 Å². The van der Waals surface area contributed by atoms with E-state index in [-0.39, 0.29) is 38.3 Å². The number of amides is 1. The van der Waals surface area contributed by atoms with Crippen LogP contribution in [-0.2, 0) is 11.2 Å². The van der Waals surface area contributed by atoms with Gasteiger partial charge in [-0.3, -0.25) is 4.79 Å². The number of alkyl halides is 3. The number of carbonyl (C=O) groups excluding carboxylic acids is 1. The zero-order valence-electron chi connectivity index (χ0n) is 12.0. The Balaban J connectivity index is 1.89. The topological polar surface area (TPSA) is 66.6 Å². The maximum absolute atomic E-state index is 12.5. The number of nitrogens with two attached hydrogens (primary N) is 1. The smallest absolute Gasteiger partial charge is 0.398 e. The number of anilines is 1. The molecule has 4 nitrogen and oxygen atoms in total. The molecular weight excluding hydrogens is 297 g/mol. The molecule has 1 aliphatic heterocycles. The predicted octanol–water partition coefficient (Wildman–Crippen LogP) is 1.97. The van der Waals surface area contributed by atoms with Crippen LogP contribution in [0.15, 0.2) is 24.3 Å². The number of nitrogens with zero attached hydrogens (tertiary/aromatic N) is 1. The molecule has 1 fully saturated rings. The highest BCUT2D eigenvalue weighted by atomic mass is 19.4. The van der Waals surface area contributed by atoms with Crippen LogP contribution in [0.25, 0.3) is 0 Å². The molecule has 1 amide bonds. The average molecular weight is 316 g/mol. The van der Waals surface area contributed by atoms with E-state index in [1.54, 1.807) is 24.3 Å². The maximum Gasteiger partial charge on any atom is 0.414 e. The van der Waals surface area contributed by atoms with Crippen molar-refractivity contribution >= 4 is 11.6 Å². The molecule has 0 aromatic heterocycles. The fourth-order valence-corrected chi connectivity index (χ4v) is 2.70. The van der Waals surface area contributed by atoms with Crippen molar-refractivity contribution in [2.45, 2.75) is 31.5 Å². The molecular formula is C15H19F3N2O2. The highest BCUT2D eigenvalue weighted by molar-refractivity contribution is 5.80. The van der Waals surface area contributed by atoms with Gasteiger partial charge in [0.05, 0.1) is 6.42 Å². The van der Waals surface area contributed by atoms with Crippen molar-refractivity contribution in [3.63, 3.8) is 0 Å². The Morgan fingerprint density at radius 3 is 2.45 bits per heavy atom. The molecule has 1 aliphatic rings. The summed E-state index contributed by atoms with van der Waals surface area (Å²) < 4.78 is 37.4. The summed E-state index contributed by atoms with van der Waals surface area (Å²) in [5.74, 6) is -0.997. The van der Waals surface area contributed by atoms with E-state index in [9.17, 15) is 23.1 Å². The van der Waals surface area contributed by atoms with Gasteiger partial charge in [-0.1, -0.05) is 18.2 Å².